The summed E-state index contributed by atoms with van der Waals surface area (Å²) in [5.41, 5.74) is -0.629. The summed E-state index contributed by atoms with van der Waals surface area (Å²) < 4.78 is 27.3. The number of carbonyl (C=O) groups is 1. The summed E-state index contributed by atoms with van der Waals surface area (Å²) >= 11 is 0. The maximum absolute atomic E-state index is 13.7. The molecule has 0 atom stereocenters. The van der Waals surface area contributed by atoms with E-state index in [0.717, 1.165) is 12.1 Å². The molecule has 5 heteroatoms. The zero-order valence-electron chi connectivity index (χ0n) is 9.41. The second-order valence-electron chi connectivity index (χ2n) is 3.42. The molecular weight excluding hydrogens is 228 g/mol. The predicted octanol–water partition coefficient (Wildman–Crippen LogP) is 2.68. The van der Waals surface area contributed by atoms with Gasteiger partial charge in [0.1, 0.15) is 17.3 Å². The molecule has 0 aromatic heterocycles. The first-order valence-corrected chi connectivity index (χ1v) is 5.09. The van der Waals surface area contributed by atoms with Crippen molar-refractivity contribution >= 4 is 11.7 Å². The molecule has 0 heterocycles. The quantitative estimate of drug-likeness (QED) is 0.806. The number of carboxylic acid groups (broad SMARTS) is 1. The molecule has 1 aromatic rings. The molecule has 0 aliphatic heterocycles. The molecule has 0 aliphatic carbocycles. The molecule has 1 N–H and O–H groups in total. The lowest BCUT2D eigenvalue weighted by Crippen LogP contribution is -2.25. The highest BCUT2D eigenvalue weighted by atomic mass is 19.1. The minimum Gasteiger partial charge on any atom is -0.478 e. The van der Waals surface area contributed by atoms with Crippen molar-refractivity contribution in [1.82, 2.24) is 0 Å². The van der Waals surface area contributed by atoms with Crippen molar-refractivity contribution in [2.24, 2.45) is 0 Å². The van der Waals surface area contributed by atoms with Crippen LogP contribution in [0.1, 0.15) is 17.3 Å². The van der Waals surface area contributed by atoms with E-state index < -0.39 is 23.2 Å². The molecule has 3 nitrogen and oxygen atoms in total. The summed E-state index contributed by atoms with van der Waals surface area (Å²) in [6.07, 6.45) is 1.52. The van der Waals surface area contributed by atoms with Gasteiger partial charge in [-0.15, -0.1) is 6.58 Å². The third kappa shape index (κ3) is 2.81. The smallest absolute Gasteiger partial charge is 0.335 e. The largest absolute Gasteiger partial charge is 0.478 e. The first-order chi connectivity index (χ1) is 8.01. The fourth-order valence-corrected chi connectivity index (χ4v) is 1.53. The molecule has 1 aromatic carbocycles. The van der Waals surface area contributed by atoms with Crippen molar-refractivity contribution in [2.75, 3.05) is 18.0 Å². The van der Waals surface area contributed by atoms with Crippen LogP contribution in [0.4, 0.5) is 14.5 Å². The number of aromatic carboxylic acids is 1. The van der Waals surface area contributed by atoms with Crippen LogP contribution in [0.15, 0.2) is 24.8 Å². The van der Waals surface area contributed by atoms with E-state index in [0.29, 0.717) is 6.54 Å². The summed E-state index contributed by atoms with van der Waals surface area (Å²) in [5, 5.41) is 8.66. The van der Waals surface area contributed by atoms with Gasteiger partial charge in [-0.2, -0.15) is 0 Å². The van der Waals surface area contributed by atoms with Crippen LogP contribution >= 0.6 is 0 Å². The minimum absolute atomic E-state index is 0.225. The second-order valence-corrected chi connectivity index (χ2v) is 3.42. The number of rotatable bonds is 5. The Morgan fingerprint density at radius 3 is 2.35 bits per heavy atom. The normalized spacial score (nSPS) is 10.1. The van der Waals surface area contributed by atoms with E-state index in [9.17, 15) is 13.6 Å². The van der Waals surface area contributed by atoms with E-state index in [1.165, 1.54) is 11.0 Å². The summed E-state index contributed by atoms with van der Waals surface area (Å²) in [6, 6.07) is 1.62. The Kier molecular flexibility index (Phi) is 4.20. The van der Waals surface area contributed by atoms with Crippen LogP contribution < -0.4 is 4.90 Å². The SMILES string of the molecule is C=CCN(CC)c1c(F)cc(C(=O)O)cc1F. The van der Waals surface area contributed by atoms with Gasteiger partial charge >= 0.3 is 5.97 Å². The standard InChI is InChI=1S/C12H13F2NO2/c1-3-5-15(4-2)11-9(13)6-8(12(16)17)7-10(11)14/h3,6-7H,1,4-5H2,2H3,(H,16,17). The van der Waals surface area contributed by atoms with Crippen molar-refractivity contribution in [1.29, 1.82) is 0 Å². The van der Waals surface area contributed by atoms with Crippen LogP contribution in [0, 0.1) is 11.6 Å². The third-order valence-electron chi connectivity index (χ3n) is 2.31. The topological polar surface area (TPSA) is 40.5 Å². The summed E-state index contributed by atoms with van der Waals surface area (Å²) in [6.45, 7) is 5.93. The predicted molar refractivity (Wildman–Crippen MR) is 61.4 cm³/mol. The number of likely N-dealkylation sites (N-methyl/N-ethyl adjacent to an activating group) is 1. The second kappa shape index (κ2) is 5.43. The van der Waals surface area contributed by atoms with Gasteiger partial charge in [-0.1, -0.05) is 6.08 Å². The summed E-state index contributed by atoms with van der Waals surface area (Å²) in [5.74, 6) is -3.13. The van der Waals surface area contributed by atoms with Gasteiger partial charge in [-0.3, -0.25) is 0 Å². The summed E-state index contributed by atoms with van der Waals surface area (Å²) in [7, 11) is 0. The van der Waals surface area contributed by atoms with E-state index in [2.05, 4.69) is 6.58 Å². The van der Waals surface area contributed by atoms with Crippen LogP contribution in [0.3, 0.4) is 0 Å². The molecule has 17 heavy (non-hydrogen) atoms. The van der Waals surface area contributed by atoms with Gasteiger partial charge in [0.15, 0.2) is 0 Å². The van der Waals surface area contributed by atoms with Crippen molar-refractivity contribution < 1.29 is 18.7 Å². The maximum Gasteiger partial charge on any atom is 0.335 e. The molecule has 0 spiro atoms. The fraction of sp³-hybridized carbons (Fsp3) is 0.250. The first-order valence-electron chi connectivity index (χ1n) is 5.09. The van der Waals surface area contributed by atoms with E-state index in [-0.39, 0.29) is 12.2 Å². The van der Waals surface area contributed by atoms with Crippen molar-refractivity contribution in [2.45, 2.75) is 6.92 Å². The zero-order valence-corrected chi connectivity index (χ0v) is 9.41. The monoisotopic (exact) mass is 241 g/mol. The van der Waals surface area contributed by atoms with Crippen LogP contribution in [0.5, 0.6) is 0 Å². The number of nitrogens with zero attached hydrogens (tertiary/aromatic N) is 1. The molecule has 0 radical (unpaired) electrons. The molecule has 0 amide bonds. The average molecular weight is 241 g/mol. The fourth-order valence-electron chi connectivity index (χ4n) is 1.53. The molecule has 0 bridgehead atoms. The third-order valence-corrected chi connectivity index (χ3v) is 2.31. The highest BCUT2D eigenvalue weighted by Gasteiger charge is 2.18. The van der Waals surface area contributed by atoms with Gasteiger partial charge in [-0.25, -0.2) is 13.6 Å². The lowest BCUT2D eigenvalue weighted by atomic mass is 10.1. The van der Waals surface area contributed by atoms with E-state index >= 15 is 0 Å². The van der Waals surface area contributed by atoms with Gasteiger partial charge in [0, 0.05) is 13.1 Å². The van der Waals surface area contributed by atoms with Gasteiger partial charge in [0.05, 0.1) is 5.56 Å². The Balaban J connectivity index is 3.25. The number of hydrogen-bond acceptors (Lipinski definition) is 2. The Hall–Kier alpha value is -1.91. The molecule has 0 saturated carbocycles. The highest BCUT2D eigenvalue weighted by Crippen LogP contribution is 2.25. The Bertz CT molecular complexity index is 423. The van der Waals surface area contributed by atoms with Gasteiger partial charge in [0.2, 0.25) is 0 Å². The Morgan fingerprint density at radius 1 is 1.47 bits per heavy atom. The number of hydrogen-bond donors (Lipinski definition) is 1. The molecule has 0 saturated heterocycles. The maximum atomic E-state index is 13.7. The van der Waals surface area contributed by atoms with Crippen molar-refractivity contribution in [3.8, 4) is 0 Å². The lowest BCUT2D eigenvalue weighted by Gasteiger charge is -2.22. The van der Waals surface area contributed by atoms with E-state index in [1.807, 2.05) is 0 Å². The molecule has 0 unspecified atom stereocenters. The average Bonchev–Trinajstić information content (AvgIpc) is 2.26. The van der Waals surface area contributed by atoms with Crippen LogP contribution in [0.2, 0.25) is 0 Å². The van der Waals surface area contributed by atoms with Crippen molar-refractivity contribution in [3.63, 3.8) is 0 Å². The first kappa shape index (κ1) is 13.2. The van der Waals surface area contributed by atoms with Crippen LogP contribution in [0.25, 0.3) is 0 Å². The minimum atomic E-state index is -1.36. The number of halogens is 2. The molecule has 0 fully saturated rings. The molecule has 1 rings (SSSR count). The van der Waals surface area contributed by atoms with Gasteiger partial charge in [0.25, 0.3) is 0 Å². The summed E-state index contributed by atoms with van der Waals surface area (Å²) in [4.78, 5) is 12.1. The molecule has 92 valence electrons. The number of carboxylic acids is 1. The van der Waals surface area contributed by atoms with Crippen LogP contribution in [-0.2, 0) is 0 Å². The van der Waals surface area contributed by atoms with Gasteiger partial charge in [-0.05, 0) is 19.1 Å². The van der Waals surface area contributed by atoms with E-state index in [4.69, 9.17) is 5.11 Å². The highest BCUT2D eigenvalue weighted by molar-refractivity contribution is 5.88. The van der Waals surface area contributed by atoms with Crippen molar-refractivity contribution in [3.05, 3.63) is 42.0 Å². The Labute approximate surface area is 98.0 Å². The lowest BCUT2D eigenvalue weighted by molar-refractivity contribution is 0.0696. The molecular formula is C12H13F2NO2. The van der Waals surface area contributed by atoms with Crippen LogP contribution in [-0.4, -0.2) is 24.2 Å². The molecule has 0 aliphatic rings. The Morgan fingerprint density at radius 2 is 2.00 bits per heavy atom. The zero-order chi connectivity index (χ0) is 13.0. The number of benzene rings is 1. The van der Waals surface area contributed by atoms with E-state index in [1.54, 1.807) is 6.92 Å². The van der Waals surface area contributed by atoms with Gasteiger partial charge < -0.3 is 10.0 Å². The number of anilines is 1.